The molecule has 0 aromatic heterocycles. The van der Waals surface area contributed by atoms with Gasteiger partial charge in [-0.05, 0) is 62.8 Å². The minimum absolute atomic E-state index is 0.289. The van der Waals surface area contributed by atoms with Crippen molar-refractivity contribution in [3.8, 4) is 0 Å². The van der Waals surface area contributed by atoms with E-state index in [0.717, 1.165) is 19.1 Å². The number of rotatable bonds is 6. The summed E-state index contributed by atoms with van der Waals surface area (Å²) in [7, 11) is 0. The number of hydrogen-bond acceptors (Lipinski definition) is 2. The van der Waals surface area contributed by atoms with Gasteiger partial charge in [0.2, 0.25) is 0 Å². The maximum absolute atomic E-state index is 6.18. The fourth-order valence-corrected chi connectivity index (χ4v) is 4.31. The maximum Gasteiger partial charge on any atom is 0.0685 e. The van der Waals surface area contributed by atoms with Crippen LogP contribution in [0.4, 0.5) is 0 Å². The molecule has 2 fully saturated rings. The molecular formula is C19H37NO. The Kier molecular flexibility index (Phi) is 6.14. The van der Waals surface area contributed by atoms with Gasteiger partial charge >= 0.3 is 0 Å². The second-order valence-electron chi connectivity index (χ2n) is 8.55. The molecule has 21 heavy (non-hydrogen) atoms. The van der Waals surface area contributed by atoms with E-state index < -0.39 is 0 Å². The average molecular weight is 296 g/mol. The van der Waals surface area contributed by atoms with Gasteiger partial charge in [-0.25, -0.2) is 0 Å². The third kappa shape index (κ3) is 4.96. The summed E-state index contributed by atoms with van der Waals surface area (Å²) in [5, 5.41) is 3.78. The maximum atomic E-state index is 6.18. The van der Waals surface area contributed by atoms with Crippen molar-refractivity contribution in [1.82, 2.24) is 5.32 Å². The standard InChI is InChI=1S/C19H37NO/c1-5-13-20-17(18(2,3)4)9-8-16-10-14-21-19(15-16)11-6-7-12-19/h16-17,20H,5-15H2,1-4H3. The van der Waals surface area contributed by atoms with Crippen LogP contribution in [-0.4, -0.2) is 24.8 Å². The molecule has 2 nitrogen and oxygen atoms in total. The van der Waals surface area contributed by atoms with Crippen LogP contribution in [0.2, 0.25) is 0 Å². The molecule has 2 atom stereocenters. The van der Waals surface area contributed by atoms with Crippen LogP contribution in [0.5, 0.6) is 0 Å². The quantitative estimate of drug-likeness (QED) is 0.751. The minimum atomic E-state index is 0.289. The Morgan fingerprint density at radius 2 is 1.95 bits per heavy atom. The zero-order valence-corrected chi connectivity index (χ0v) is 14.8. The van der Waals surface area contributed by atoms with Gasteiger partial charge < -0.3 is 10.1 Å². The molecule has 1 N–H and O–H groups in total. The van der Waals surface area contributed by atoms with Crippen molar-refractivity contribution >= 4 is 0 Å². The third-order valence-electron chi connectivity index (χ3n) is 5.66. The highest BCUT2D eigenvalue weighted by Crippen LogP contribution is 2.43. The Balaban J connectivity index is 1.82. The first-order valence-electron chi connectivity index (χ1n) is 9.32. The van der Waals surface area contributed by atoms with Crippen LogP contribution in [0.25, 0.3) is 0 Å². The molecule has 2 rings (SSSR count). The topological polar surface area (TPSA) is 21.3 Å². The monoisotopic (exact) mass is 295 g/mol. The largest absolute Gasteiger partial charge is 0.375 e. The molecule has 1 aliphatic carbocycles. The van der Waals surface area contributed by atoms with Crippen molar-refractivity contribution in [3.05, 3.63) is 0 Å². The smallest absolute Gasteiger partial charge is 0.0685 e. The molecule has 0 amide bonds. The average Bonchev–Trinajstić information content (AvgIpc) is 2.85. The van der Waals surface area contributed by atoms with E-state index in [0.29, 0.717) is 11.5 Å². The van der Waals surface area contributed by atoms with E-state index in [1.54, 1.807) is 0 Å². The molecule has 0 bridgehead atoms. The lowest BCUT2D eigenvalue weighted by molar-refractivity contribution is -0.0943. The lowest BCUT2D eigenvalue weighted by Crippen LogP contribution is -2.42. The Bertz CT molecular complexity index is 301. The lowest BCUT2D eigenvalue weighted by Gasteiger charge is -2.39. The van der Waals surface area contributed by atoms with Gasteiger partial charge in [-0.1, -0.05) is 40.5 Å². The molecule has 1 saturated carbocycles. The summed E-state index contributed by atoms with van der Waals surface area (Å²) in [4.78, 5) is 0. The van der Waals surface area contributed by atoms with E-state index in [4.69, 9.17) is 4.74 Å². The van der Waals surface area contributed by atoms with Crippen LogP contribution in [0.1, 0.15) is 85.5 Å². The molecule has 2 unspecified atom stereocenters. The molecular weight excluding hydrogens is 258 g/mol. The van der Waals surface area contributed by atoms with Crippen LogP contribution < -0.4 is 5.32 Å². The SMILES string of the molecule is CCCNC(CCC1CCOC2(CCCC2)C1)C(C)(C)C. The molecule has 2 aliphatic rings. The Morgan fingerprint density at radius 1 is 1.24 bits per heavy atom. The Morgan fingerprint density at radius 3 is 2.57 bits per heavy atom. The lowest BCUT2D eigenvalue weighted by atomic mass is 9.78. The number of hydrogen-bond donors (Lipinski definition) is 1. The normalized spacial score (nSPS) is 27.1. The van der Waals surface area contributed by atoms with Gasteiger partial charge in [0.05, 0.1) is 5.60 Å². The zero-order chi connectivity index (χ0) is 15.3. The molecule has 0 aromatic carbocycles. The van der Waals surface area contributed by atoms with E-state index in [9.17, 15) is 0 Å². The molecule has 0 radical (unpaired) electrons. The molecule has 0 aromatic rings. The summed E-state index contributed by atoms with van der Waals surface area (Å²) >= 11 is 0. The predicted molar refractivity (Wildman–Crippen MR) is 90.6 cm³/mol. The van der Waals surface area contributed by atoms with Crippen LogP contribution in [-0.2, 0) is 4.74 Å². The van der Waals surface area contributed by atoms with E-state index >= 15 is 0 Å². The number of nitrogens with one attached hydrogen (secondary N) is 1. The molecule has 124 valence electrons. The first kappa shape index (κ1) is 17.3. The summed E-state index contributed by atoms with van der Waals surface area (Å²) in [5.74, 6) is 0.894. The molecule has 1 spiro atoms. The van der Waals surface area contributed by atoms with E-state index in [1.165, 1.54) is 57.8 Å². The van der Waals surface area contributed by atoms with Crippen LogP contribution in [0, 0.1) is 11.3 Å². The highest BCUT2D eigenvalue weighted by molar-refractivity contribution is 4.92. The van der Waals surface area contributed by atoms with E-state index in [-0.39, 0.29) is 5.60 Å². The summed E-state index contributed by atoms with van der Waals surface area (Å²) in [6.07, 6.45) is 12.0. The Hall–Kier alpha value is -0.0800. The van der Waals surface area contributed by atoms with Crippen LogP contribution in [0.15, 0.2) is 0 Å². The Labute approximate surface area is 132 Å². The highest BCUT2D eigenvalue weighted by Gasteiger charge is 2.40. The van der Waals surface area contributed by atoms with E-state index in [1.807, 2.05) is 0 Å². The fourth-order valence-electron chi connectivity index (χ4n) is 4.31. The van der Waals surface area contributed by atoms with Gasteiger partial charge in [0.25, 0.3) is 0 Å². The third-order valence-corrected chi connectivity index (χ3v) is 5.66. The van der Waals surface area contributed by atoms with Gasteiger partial charge in [0.1, 0.15) is 0 Å². The summed E-state index contributed by atoms with van der Waals surface area (Å²) in [5.41, 5.74) is 0.655. The first-order chi connectivity index (χ1) is 9.95. The molecule has 1 saturated heterocycles. The highest BCUT2D eigenvalue weighted by atomic mass is 16.5. The summed E-state index contributed by atoms with van der Waals surface area (Å²) in [6.45, 7) is 11.6. The van der Waals surface area contributed by atoms with Crippen LogP contribution in [0.3, 0.4) is 0 Å². The van der Waals surface area contributed by atoms with Crippen molar-refractivity contribution in [2.45, 2.75) is 97.1 Å². The number of ether oxygens (including phenoxy) is 1. The van der Waals surface area contributed by atoms with Crippen molar-refractivity contribution in [2.24, 2.45) is 11.3 Å². The molecule has 2 heteroatoms. The first-order valence-corrected chi connectivity index (χ1v) is 9.32. The second-order valence-corrected chi connectivity index (χ2v) is 8.55. The molecule has 1 heterocycles. The van der Waals surface area contributed by atoms with Gasteiger partial charge in [0.15, 0.2) is 0 Å². The second kappa shape index (κ2) is 7.46. The van der Waals surface area contributed by atoms with Gasteiger partial charge in [-0.15, -0.1) is 0 Å². The van der Waals surface area contributed by atoms with Gasteiger partial charge in [-0.3, -0.25) is 0 Å². The van der Waals surface area contributed by atoms with Gasteiger partial charge in [0, 0.05) is 12.6 Å². The van der Waals surface area contributed by atoms with Crippen molar-refractivity contribution in [2.75, 3.05) is 13.2 Å². The van der Waals surface area contributed by atoms with E-state index in [2.05, 4.69) is 33.0 Å². The zero-order valence-electron chi connectivity index (χ0n) is 14.8. The van der Waals surface area contributed by atoms with Crippen molar-refractivity contribution in [3.63, 3.8) is 0 Å². The minimum Gasteiger partial charge on any atom is -0.375 e. The van der Waals surface area contributed by atoms with Crippen molar-refractivity contribution in [1.29, 1.82) is 0 Å². The fraction of sp³-hybridized carbons (Fsp3) is 1.00. The summed E-state index contributed by atoms with van der Waals surface area (Å²) in [6, 6.07) is 0.653. The van der Waals surface area contributed by atoms with Crippen LogP contribution >= 0.6 is 0 Å². The van der Waals surface area contributed by atoms with Crippen molar-refractivity contribution < 1.29 is 4.74 Å². The van der Waals surface area contributed by atoms with Gasteiger partial charge in [-0.2, -0.15) is 0 Å². The predicted octanol–water partition coefficient (Wildman–Crippen LogP) is 4.92. The molecule has 1 aliphatic heterocycles. The summed E-state index contributed by atoms with van der Waals surface area (Å²) < 4.78 is 6.18.